The Balaban J connectivity index is 2.49. The fourth-order valence-corrected chi connectivity index (χ4v) is 2.93. The molecule has 2 rings (SSSR count). The molecule has 2 N–H and O–H groups in total. The number of rotatable bonds is 7. The van der Waals surface area contributed by atoms with E-state index < -0.39 is 18.0 Å². The summed E-state index contributed by atoms with van der Waals surface area (Å²) in [6.45, 7) is 6.28. The number of amides is 1. The van der Waals surface area contributed by atoms with Gasteiger partial charge in [-0.25, -0.2) is 4.79 Å². The number of carboxylic acid groups (broad SMARTS) is 1. The van der Waals surface area contributed by atoms with Crippen LogP contribution in [0.5, 0.6) is 0 Å². The maximum Gasteiger partial charge on any atom is 0.328 e. The second-order valence-electron chi connectivity index (χ2n) is 6.83. The Labute approximate surface area is 159 Å². The van der Waals surface area contributed by atoms with E-state index in [-0.39, 0.29) is 5.92 Å². The molecule has 0 heterocycles. The van der Waals surface area contributed by atoms with Crippen LogP contribution in [0.1, 0.15) is 36.6 Å². The average Bonchev–Trinajstić information content (AvgIpc) is 2.64. The first-order valence-corrected chi connectivity index (χ1v) is 8.86. The molecule has 1 atom stereocenters. The SMILES string of the molecule is Cc1ccccc1C(O)c1ccccc1N(CC(C)C)C(=O)C=CC(=O)O. The molecule has 0 aromatic heterocycles. The lowest BCUT2D eigenvalue weighted by atomic mass is 9.95. The zero-order valence-electron chi connectivity index (χ0n) is 15.8. The first kappa shape index (κ1) is 20.4. The van der Waals surface area contributed by atoms with Gasteiger partial charge in [0.25, 0.3) is 5.91 Å². The molecule has 0 radical (unpaired) electrons. The van der Waals surface area contributed by atoms with Gasteiger partial charge >= 0.3 is 5.97 Å². The van der Waals surface area contributed by atoms with Gasteiger partial charge in [-0.15, -0.1) is 0 Å². The Morgan fingerprint density at radius 1 is 1.00 bits per heavy atom. The molecule has 2 aromatic carbocycles. The first-order valence-electron chi connectivity index (χ1n) is 8.86. The van der Waals surface area contributed by atoms with E-state index in [2.05, 4.69) is 0 Å². The van der Waals surface area contributed by atoms with E-state index in [0.717, 1.165) is 23.3 Å². The average molecular weight is 367 g/mol. The van der Waals surface area contributed by atoms with Gasteiger partial charge in [0.1, 0.15) is 6.10 Å². The summed E-state index contributed by atoms with van der Waals surface area (Å²) in [6, 6.07) is 14.7. The Morgan fingerprint density at radius 2 is 1.59 bits per heavy atom. The van der Waals surface area contributed by atoms with Crippen LogP contribution in [0.3, 0.4) is 0 Å². The van der Waals surface area contributed by atoms with Gasteiger partial charge in [-0.05, 0) is 30.0 Å². The summed E-state index contributed by atoms with van der Waals surface area (Å²) >= 11 is 0. The van der Waals surface area contributed by atoms with Crippen molar-refractivity contribution in [1.29, 1.82) is 0 Å². The molecule has 5 nitrogen and oxygen atoms in total. The Kier molecular flexibility index (Phi) is 6.91. The predicted octanol–water partition coefficient (Wildman–Crippen LogP) is 3.71. The highest BCUT2D eigenvalue weighted by atomic mass is 16.4. The third-order valence-electron chi connectivity index (χ3n) is 4.19. The van der Waals surface area contributed by atoms with Gasteiger partial charge < -0.3 is 15.1 Å². The van der Waals surface area contributed by atoms with E-state index >= 15 is 0 Å². The smallest absolute Gasteiger partial charge is 0.328 e. The number of hydrogen-bond donors (Lipinski definition) is 2. The normalized spacial score (nSPS) is 12.3. The van der Waals surface area contributed by atoms with E-state index in [1.807, 2.05) is 51.1 Å². The molecule has 0 aliphatic heterocycles. The van der Waals surface area contributed by atoms with Crippen molar-refractivity contribution < 1.29 is 19.8 Å². The van der Waals surface area contributed by atoms with E-state index in [0.29, 0.717) is 17.8 Å². The van der Waals surface area contributed by atoms with Gasteiger partial charge in [-0.3, -0.25) is 4.79 Å². The maximum atomic E-state index is 12.7. The highest BCUT2D eigenvalue weighted by molar-refractivity contribution is 6.04. The number of benzene rings is 2. The molecule has 0 bridgehead atoms. The summed E-state index contributed by atoms with van der Waals surface area (Å²) in [5.74, 6) is -1.45. The number of carbonyl (C=O) groups is 2. The molecule has 1 amide bonds. The van der Waals surface area contributed by atoms with Gasteiger partial charge in [-0.1, -0.05) is 56.3 Å². The van der Waals surface area contributed by atoms with Gasteiger partial charge in [0, 0.05) is 24.3 Å². The molecule has 0 fully saturated rings. The maximum absolute atomic E-state index is 12.7. The quantitative estimate of drug-likeness (QED) is 0.732. The zero-order valence-corrected chi connectivity index (χ0v) is 15.8. The van der Waals surface area contributed by atoms with E-state index in [9.17, 15) is 14.7 Å². The number of hydrogen-bond acceptors (Lipinski definition) is 3. The zero-order chi connectivity index (χ0) is 20.0. The Hall–Kier alpha value is -2.92. The van der Waals surface area contributed by atoms with Crippen LogP contribution in [-0.2, 0) is 9.59 Å². The fraction of sp³-hybridized carbons (Fsp3) is 0.273. The molecule has 142 valence electrons. The minimum Gasteiger partial charge on any atom is -0.478 e. The summed E-state index contributed by atoms with van der Waals surface area (Å²) in [5.41, 5.74) is 2.89. The Morgan fingerprint density at radius 3 is 2.19 bits per heavy atom. The number of carbonyl (C=O) groups excluding carboxylic acids is 1. The van der Waals surface area contributed by atoms with Crippen LogP contribution in [0.15, 0.2) is 60.7 Å². The summed E-state index contributed by atoms with van der Waals surface area (Å²) in [7, 11) is 0. The lowest BCUT2D eigenvalue weighted by Crippen LogP contribution is -2.34. The van der Waals surface area contributed by atoms with Gasteiger partial charge in [0.2, 0.25) is 0 Å². The van der Waals surface area contributed by atoms with Crippen LogP contribution < -0.4 is 4.90 Å². The van der Waals surface area contributed by atoms with Gasteiger partial charge in [0.05, 0.1) is 5.69 Å². The van der Waals surface area contributed by atoms with Crippen LogP contribution in [0.2, 0.25) is 0 Å². The highest BCUT2D eigenvalue weighted by Crippen LogP contribution is 2.32. The van der Waals surface area contributed by atoms with Crippen molar-refractivity contribution in [3.05, 3.63) is 77.4 Å². The number of aryl methyl sites for hydroxylation is 1. The van der Waals surface area contributed by atoms with Crippen LogP contribution in [0.4, 0.5) is 5.69 Å². The van der Waals surface area contributed by atoms with Crippen LogP contribution >= 0.6 is 0 Å². The lowest BCUT2D eigenvalue weighted by molar-refractivity contribution is -0.131. The second kappa shape index (κ2) is 9.14. The number of aliphatic hydroxyl groups is 1. The summed E-state index contributed by atoms with van der Waals surface area (Å²) in [4.78, 5) is 25.0. The molecule has 27 heavy (non-hydrogen) atoms. The molecule has 0 spiro atoms. The largest absolute Gasteiger partial charge is 0.478 e. The number of para-hydroxylation sites is 1. The summed E-state index contributed by atoms with van der Waals surface area (Å²) < 4.78 is 0. The molecule has 2 aromatic rings. The highest BCUT2D eigenvalue weighted by Gasteiger charge is 2.23. The fourth-order valence-electron chi connectivity index (χ4n) is 2.93. The minimum atomic E-state index is -1.18. The summed E-state index contributed by atoms with van der Waals surface area (Å²) in [5, 5.41) is 19.8. The third-order valence-corrected chi connectivity index (χ3v) is 4.19. The number of nitrogens with zero attached hydrogens (tertiary/aromatic N) is 1. The molecule has 0 saturated heterocycles. The van der Waals surface area contributed by atoms with E-state index in [1.54, 1.807) is 18.2 Å². The molecule has 0 saturated carbocycles. The second-order valence-corrected chi connectivity index (χ2v) is 6.83. The molecule has 0 aliphatic carbocycles. The Bertz CT molecular complexity index is 842. The van der Waals surface area contributed by atoms with E-state index in [1.165, 1.54) is 4.90 Å². The molecule has 5 heteroatoms. The van der Waals surface area contributed by atoms with Gasteiger partial charge in [-0.2, -0.15) is 0 Å². The van der Waals surface area contributed by atoms with Crippen molar-refractivity contribution in [2.24, 2.45) is 5.92 Å². The van der Waals surface area contributed by atoms with Crippen molar-refractivity contribution in [3.8, 4) is 0 Å². The summed E-state index contributed by atoms with van der Waals surface area (Å²) in [6.07, 6.45) is 0.978. The van der Waals surface area contributed by atoms with Crippen molar-refractivity contribution in [2.45, 2.75) is 26.9 Å². The third kappa shape index (κ3) is 5.28. The predicted molar refractivity (Wildman–Crippen MR) is 106 cm³/mol. The van der Waals surface area contributed by atoms with Crippen molar-refractivity contribution >= 4 is 17.6 Å². The number of carboxylic acids is 1. The first-order chi connectivity index (χ1) is 12.8. The topological polar surface area (TPSA) is 77.8 Å². The van der Waals surface area contributed by atoms with Gasteiger partial charge in [0.15, 0.2) is 0 Å². The molecule has 0 aliphatic rings. The number of aliphatic carboxylic acids is 1. The minimum absolute atomic E-state index is 0.163. The van der Waals surface area contributed by atoms with Crippen molar-refractivity contribution in [3.63, 3.8) is 0 Å². The molecular weight excluding hydrogens is 342 g/mol. The van der Waals surface area contributed by atoms with Crippen LogP contribution in [0.25, 0.3) is 0 Å². The number of aliphatic hydroxyl groups excluding tert-OH is 1. The molecular formula is C22H25NO4. The number of anilines is 1. The van der Waals surface area contributed by atoms with Crippen molar-refractivity contribution in [1.82, 2.24) is 0 Å². The van der Waals surface area contributed by atoms with Crippen molar-refractivity contribution in [2.75, 3.05) is 11.4 Å². The standard InChI is InChI=1S/C22H25NO4/c1-15(2)14-23(20(24)12-13-21(25)26)19-11-7-6-10-18(19)22(27)17-9-5-4-8-16(17)3/h4-13,15,22,27H,14H2,1-3H3,(H,25,26). The molecule has 1 unspecified atom stereocenters. The van der Waals surface area contributed by atoms with Crippen LogP contribution in [-0.4, -0.2) is 28.6 Å². The van der Waals surface area contributed by atoms with Crippen LogP contribution in [0, 0.1) is 12.8 Å². The monoisotopic (exact) mass is 367 g/mol. The van der Waals surface area contributed by atoms with E-state index in [4.69, 9.17) is 5.11 Å². The lowest BCUT2D eigenvalue weighted by Gasteiger charge is -2.28.